The van der Waals surface area contributed by atoms with Crippen molar-refractivity contribution in [1.29, 1.82) is 0 Å². The van der Waals surface area contributed by atoms with E-state index < -0.39 is 5.60 Å². The van der Waals surface area contributed by atoms with Crippen LogP contribution in [0.1, 0.15) is 66.0 Å². The molecule has 0 unspecified atom stereocenters. The van der Waals surface area contributed by atoms with Gasteiger partial charge in [0.15, 0.2) is 6.61 Å². The predicted octanol–water partition coefficient (Wildman–Crippen LogP) is 6.93. The highest BCUT2D eigenvalue weighted by Gasteiger charge is 2.50. The number of likely N-dealkylation sites (tertiary alicyclic amines) is 1. The number of aryl methyl sites for hydroxylation is 2. The van der Waals surface area contributed by atoms with Gasteiger partial charge in [-0.05, 0) is 74.1 Å². The zero-order valence-corrected chi connectivity index (χ0v) is 24.8. The lowest BCUT2D eigenvalue weighted by Gasteiger charge is -2.52. The number of fused-ring (bicyclic) bond motifs is 2. The van der Waals surface area contributed by atoms with Crippen LogP contribution in [0.25, 0.3) is 11.0 Å². The second-order valence-electron chi connectivity index (χ2n) is 11.8. The molecule has 0 radical (unpaired) electrons. The smallest absolute Gasteiger partial charge is 0.340 e. The van der Waals surface area contributed by atoms with Gasteiger partial charge in [-0.1, -0.05) is 66.9 Å². The van der Waals surface area contributed by atoms with Gasteiger partial charge in [0.05, 0.1) is 11.6 Å². The van der Waals surface area contributed by atoms with Crippen LogP contribution in [0, 0.1) is 19.8 Å². The number of aliphatic hydroxyl groups is 1. The first kappa shape index (κ1) is 28.5. The zero-order chi connectivity index (χ0) is 29.4. The molecule has 7 heteroatoms. The summed E-state index contributed by atoms with van der Waals surface area (Å²) >= 11 is 6.18. The van der Waals surface area contributed by atoms with Gasteiger partial charge in [-0.25, -0.2) is 4.79 Å². The molecule has 3 aromatic carbocycles. The van der Waals surface area contributed by atoms with E-state index in [0.717, 1.165) is 47.8 Å². The molecule has 1 aliphatic heterocycles. The quantitative estimate of drug-likeness (QED) is 0.248. The normalized spacial score (nSPS) is 22.1. The average Bonchev–Trinajstić information content (AvgIpc) is 2.99. The number of carbonyl (C=O) groups is 1. The molecule has 42 heavy (non-hydrogen) atoms. The molecule has 2 aliphatic rings. The third-order valence-corrected chi connectivity index (χ3v) is 9.58. The Morgan fingerprint density at radius 3 is 2.55 bits per heavy atom. The topological polar surface area (TPSA) is 80.0 Å². The molecule has 1 aromatic heterocycles. The van der Waals surface area contributed by atoms with E-state index in [1.165, 1.54) is 0 Å². The number of nitrogens with zero attached hydrogens (tertiary/aromatic N) is 1. The fourth-order valence-corrected chi connectivity index (χ4v) is 7.11. The van der Waals surface area contributed by atoms with Gasteiger partial charge >= 0.3 is 5.63 Å². The van der Waals surface area contributed by atoms with Gasteiger partial charge in [-0.3, -0.25) is 4.79 Å². The van der Waals surface area contributed by atoms with Crippen LogP contribution in [0.5, 0.6) is 5.75 Å². The van der Waals surface area contributed by atoms with E-state index in [-0.39, 0.29) is 30.1 Å². The number of amides is 1. The van der Waals surface area contributed by atoms with Crippen LogP contribution < -0.4 is 10.4 Å². The van der Waals surface area contributed by atoms with Gasteiger partial charge in [0.1, 0.15) is 11.3 Å². The summed E-state index contributed by atoms with van der Waals surface area (Å²) < 4.78 is 11.9. The van der Waals surface area contributed by atoms with Crippen LogP contribution in [-0.2, 0) is 11.2 Å². The molecule has 6 rings (SSSR count). The highest BCUT2D eigenvalue weighted by Crippen LogP contribution is 2.49. The maximum atomic E-state index is 13.7. The van der Waals surface area contributed by atoms with Gasteiger partial charge in [-0.15, -0.1) is 0 Å². The molecule has 1 saturated heterocycles. The number of hydrogen-bond donors (Lipinski definition) is 1. The minimum absolute atomic E-state index is 0.0464. The first-order valence-corrected chi connectivity index (χ1v) is 15.1. The Bertz CT molecular complexity index is 1670. The zero-order valence-electron chi connectivity index (χ0n) is 24.1. The SMILES string of the molecule is Cc1c(Cc2ccccc2)c(=O)oc2c(C)c(OCC(=O)N3CC[C@@]4(O)CCCC[C@H]4[C@@H]3c3ccc(Cl)cc3)ccc12. The summed E-state index contributed by atoms with van der Waals surface area (Å²) in [6.07, 6.45) is 4.71. The lowest BCUT2D eigenvalue weighted by Crippen LogP contribution is -2.56. The molecule has 1 amide bonds. The molecule has 1 saturated carbocycles. The van der Waals surface area contributed by atoms with Crippen molar-refractivity contribution < 1.29 is 19.1 Å². The number of piperidine rings is 1. The molecule has 3 atom stereocenters. The molecule has 0 bridgehead atoms. The molecular formula is C35H36ClNO5. The lowest BCUT2D eigenvalue weighted by atomic mass is 9.66. The highest BCUT2D eigenvalue weighted by atomic mass is 35.5. The standard InChI is InChI=1S/C35H36ClNO5/c1-22-27-15-16-30(23(2)33(27)42-34(39)28(22)20-24-8-4-3-5-9-24)41-21-31(38)37-19-18-35(40)17-7-6-10-29(35)32(37)25-11-13-26(36)14-12-25/h3-5,8-9,11-16,29,32,40H,6-7,10,17-21H2,1-2H3/t29-,32-,35-/m0/s1. The van der Waals surface area contributed by atoms with Crippen molar-refractivity contribution in [2.24, 2.45) is 5.92 Å². The van der Waals surface area contributed by atoms with Crippen molar-refractivity contribution in [1.82, 2.24) is 4.90 Å². The maximum Gasteiger partial charge on any atom is 0.340 e. The third kappa shape index (κ3) is 5.34. The molecular weight excluding hydrogens is 550 g/mol. The Morgan fingerprint density at radius 1 is 1.02 bits per heavy atom. The summed E-state index contributed by atoms with van der Waals surface area (Å²) in [7, 11) is 0. The van der Waals surface area contributed by atoms with Crippen LogP contribution in [0.4, 0.5) is 0 Å². The van der Waals surface area contributed by atoms with Gasteiger partial charge in [0, 0.05) is 40.4 Å². The van der Waals surface area contributed by atoms with Gasteiger partial charge in [0.2, 0.25) is 0 Å². The fourth-order valence-electron chi connectivity index (χ4n) is 6.99. The molecule has 1 aliphatic carbocycles. The van der Waals surface area contributed by atoms with Crippen LogP contribution in [-0.4, -0.2) is 34.7 Å². The number of ether oxygens (including phenoxy) is 1. The largest absolute Gasteiger partial charge is 0.483 e. The van der Waals surface area contributed by atoms with Gasteiger partial charge in [-0.2, -0.15) is 0 Å². The average molecular weight is 586 g/mol. The Labute approximate surface area is 250 Å². The van der Waals surface area contributed by atoms with Gasteiger partial charge in [0.25, 0.3) is 5.91 Å². The Hall–Kier alpha value is -3.61. The number of hydrogen-bond acceptors (Lipinski definition) is 5. The van der Waals surface area contributed by atoms with E-state index in [0.29, 0.717) is 46.9 Å². The molecule has 218 valence electrons. The first-order chi connectivity index (χ1) is 20.2. The monoisotopic (exact) mass is 585 g/mol. The Balaban J connectivity index is 1.25. The number of rotatable bonds is 6. The number of halogens is 1. The lowest BCUT2D eigenvalue weighted by molar-refractivity contribution is -0.157. The molecule has 1 N–H and O–H groups in total. The molecule has 0 spiro atoms. The van der Waals surface area contributed by atoms with Crippen LogP contribution in [0.3, 0.4) is 0 Å². The third-order valence-electron chi connectivity index (χ3n) is 9.33. The van der Waals surface area contributed by atoms with Crippen LogP contribution >= 0.6 is 11.6 Å². The van der Waals surface area contributed by atoms with Crippen molar-refractivity contribution in [2.45, 2.75) is 64.0 Å². The molecule has 6 nitrogen and oxygen atoms in total. The van der Waals surface area contributed by atoms with Crippen molar-refractivity contribution in [3.05, 3.63) is 110 Å². The molecule has 2 heterocycles. The van der Waals surface area contributed by atoms with E-state index in [4.69, 9.17) is 20.8 Å². The summed E-state index contributed by atoms with van der Waals surface area (Å²) in [5.41, 5.74) is 3.56. The minimum atomic E-state index is -0.774. The predicted molar refractivity (Wildman–Crippen MR) is 164 cm³/mol. The van der Waals surface area contributed by atoms with E-state index >= 15 is 0 Å². The maximum absolute atomic E-state index is 13.7. The highest BCUT2D eigenvalue weighted by molar-refractivity contribution is 6.30. The van der Waals surface area contributed by atoms with E-state index in [2.05, 4.69) is 0 Å². The van der Waals surface area contributed by atoms with Crippen LogP contribution in [0.2, 0.25) is 5.02 Å². The minimum Gasteiger partial charge on any atom is -0.483 e. The summed E-state index contributed by atoms with van der Waals surface area (Å²) in [6.45, 7) is 4.09. The summed E-state index contributed by atoms with van der Waals surface area (Å²) in [4.78, 5) is 28.6. The van der Waals surface area contributed by atoms with Crippen molar-refractivity contribution >= 4 is 28.5 Å². The Morgan fingerprint density at radius 2 is 1.79 bits per heavy atom. The summed E-state index contributed by atoms with van der Waals surface area (Å²) in [5.74, 6) is 0.316. The van der Waals surface area contributed by atoms with E-state index in [1.54, 1.807) is 0 Å². The van der Waals surface area contributed by atoms with Crippen molar-refractivity contribution in [2.75, 3.05) is 13.2 Å². The first-order valence-electron chi connectivity index (χ1n) is 14.7. The van der Waals surface area contributed by atoms with Crippen molar-refractivity contribution in [3.63, 3.8) is 0 Å². The fraction of sp³-hybridized carbons (Fsp3) is 0.371. The summed E-state index contributed by atoms with van der Waals surface area (Å²) in [6, 6.07) is 20.9. The van der Waals surface area contributed by atoms with E-state index in [1.807, 2.05) is 85.5 Å². The second-order valence-corrected chi connectivity index (χ2v) is 12.2. The van der Waals surface area contributed by atoms with E-state index in [9.17, 15) is 14.7 Å². The number of carbonyl (C=O) groups excluding carboxylic acids is 1. The Kier molecular flexibility index (Phi) is 7.86. The number of benzene rings is 3. The molecule has 4 aromatic rings. The summed E-state index contributed by atoms with van der Waals surface area (Å²) in [5, 5.41) is 13.0. The van der Waals surface area contributed by atoms with Crippen LogP contribution in [0.15, 0.2) is 75.9 Å². The molecule has 2 fully saturated rings. The van der Waals surface area contributed by atoms with Gasteiger partial charge < -0.3 is 19.2 Å². The second kappa shape index (κ2) is 11.6. The van der Waals surface area contributed by atoms with Crippen molar-refractivity contribution in [3.8, 4) is 5.75 Å².